The highest BCUT2D eigenvalue weighted by Crippen LogP contribution is 2.31. The van der Waals surface area contributed by atoms with Gasteiger partial charge in [0.25, 0.3) is 0 Å². The Labute approximate surface area is 108 Å². The van der Waals surface area contributed by atoms with Gasteiger partial charge in [0.1, 0.15) is 0 Å². The third kappa shape index (κ3) is 2.24. The highest BCUT2D eigenvalue weighted by atomic mass is 79.9. The lowest BCUT2D eigenvalue weighted by molar-refractivity contribution is 0.0696. The average Bonchev–Trinajstić information content (AvgIpc) is 2.30. The number of hydrogen-bond donors (Lipinski definition) is 1. The first-order valence-corrected chi connectivity index (χ1v) is 5.98. The second kappa shape index (κ2) is 4.72. The van der Waals surface area contributed by atoms with Crippen LogP contribution in [0.3, 0.4) is 0 Å². The molecule has 0 radical (unpaired) electrons. The van der Waals surface area contributed by atoms with Crippen molar-refractivity contribution in [2.45, 2.75) is 6.92 Å². The number of carbonyl (C=O) groups is 1. The second-order valence-electron chi connectivity index (χ2n) is 3.76. The van der Waals surface area contributed by atoms with Crippen LogP contribution < -0.4 is 0 Å². The summed E-state index contributed by atoms with van der Waals surface area (Å²) in [5.41, 5.74) is 3.08. The van der Waals surface area contributed by atoms with Gasteiger partial charge >= 0.3 is 5.97 Å². The monoisotopic (exact) mass is 290 g/mol. The summed E-state index contributed by atoms with van der Waals surface area (Å²) in [6.45, 7) is 1.83. The standard InChI is InChI=1S/C14H11BrO2/c1-9-10(6-4-7-11(9)14(16)17)12-5-2-3-8-13(12)15/h2-8H,1H3,(H,16,17). The van der Waals surface area contributed by atoms with Gasteiger partial charge in [-0.25, -0.2) is 4.79 Å². The zero-order valence-electron chi connectivity index (χ0n) is 9.27. The summed E-state index contributed by atoms with van der Waals surface area (Å²) in [4.78, 5) is 11.1. The Balaban J connectivity index is 2.65. The molecule has 0 aliphatic carbocycles. The summed E-state index contributed by atoms with van der Waals surface area (Å²) in [5.74, 6) is -0.892. The minimum absolute atomic E-state index is 0.346. The first kappa shape index (κ1) is 11.9. The second-order valence-corrected chi connectivity index (χ2v) is 4.62. The molecular formula is C14H11BrO2. The minimum Gasteiger partial charge on any atom is -0.478 e. The van der Waals surface area contributed by atoms with Crippen LogP contribution in [0.4, 0.5) is 0 Å². The van der Waals surface area contributed by atoms with Crippen molar-refractivity contribution in [1.82, 2.24) is 0 Å². The summed E-state index contributed by atoms with van der Waals surface area (Å²) in [6.07, 6.45) is 0. The van der Waals surface area contributed by atoms with Crippen LogP contribution in [0.5, 0.6) is 0 Å². The SMILES string of the molecule is Cc1c(C(=O)O)cccc1-c1ccccc1Br. The van der Waals surface area contributed by atoms with E-state index in [1.807, 2.05) is 37.3 Å². The molecule has 0 aromatic heterocycles. The molecule has 0 bridgehead atoms. The molecule has 86 valence electrons. The van der Waals surface area contributed by atoms with E-state index in [4.69, 9.17) is 5.11 Å². The van der Waals surface area contributed by atoms with Gasteiger partial charge < -0.3 is 5.11 Å². The first-order chi connectivity index (χ1) is 8.11. The Morgan fingerprint density at radius 1 is 1.06 bits per heavy atom. The highest BCUT2D eigenvalue weighted by molar-refractivity contribution is 9.10. The quantitative estimate of drug-likeness (QED) is 0.903. The van der Waals surface area contributed by atoms with E-state index < -0.39 is 5.97 Å². The van der Waals surface area contributed by atoms with Gasteiger partial charge in [-0.1, -0.05) is 46.3 Å². The van der Waals surface area contributed by atoms with Crippen LogP contribution in [-0.2, 0) is 0 Å². The maximum Gasteiger partial charge on any atom is 0.335 e. The predicted octanol–water partition coefficient (Wildman–Crippen LogP) is 4.12. The fraction of sp³-hybridized carbons (Fsp3) is 0.0714. The molecule has 0 aliphatic rings. The largest absolute Gasteiger partial charge is 0.478 e. The third-order valence-electron chi connectivity index (χ3n) is 2.73. The predicted molar refractivity (Wildman–Crippen MR) is 71.3 cm³/mol. The Hall–Kier alpha value is -1.61. The lowest BCUT2D eigenvalue weighted by Crippen LogP contribution is -2.00. The van der Waals surface area contributed by atoms with Crippen molar-refractivity contribution in [2.24, 2.45) is 0 Å². The maximum absolute atomic E-state index is 11.1. The van der Waals surface area contributed by atoms with Crippen LogP contribution in [0.15, 0.2) is 46.9 Å². The molecule has 0 aliphatic heterocycles. The van der Waals surface area contributed by atoms with E-state index in [0.717, 1.165) is 21.2 Å². The Morgan fingerprint density at radius 2 is 1.71 bits per heavy atom. The maximum atomic E-state index is 11.1. The number of carboxylic acid groups (broad SMARTS) is 1. The lowest BCUT2D eigenvalue weighted by Gasteiger charge is -2.10. The average molecular weight is 291 g/mol. The van der Waals surface area contributed by atoms with E-state index in [0.29, 0.717) is 5.56 Å². The van der Waals surface area contributed by atoms with Crippen molar-refractivity contribution in [1.29, 1.82) is 0 Å². The van der Waals surface area contributed by atoms with Gasteiger partial charge in [0.05, 0.1) is 5.56 Å². The summed E-state index contributed by atoms with van der Waals surface area (Å²) in [6, 6.07) is 13.1. The fourth-order valence-corrected chi connectivity index (χ4v) is 2.34. The molecule has 0 fully saturated rings. The summed E-state index contributed by atoms with van der Waals surface area (Å²) in [7, 11) is 0. The van der Waals surface area contributed by atoms with Crippen LogP contribution in [-0.4, -0.2) is 11.1 Å². The van der Waals surface area contributed by atoms with Gasteiger partial charge in [-0.3, -0.25) is 0 Å². The molecule has 2 aromatic rings. The van der Waals surface area contributed by atoms with Gasteiger partial charge in [0.15, 0.2) is 0 Å². The number of aromatic carboxylic acids is 1. The topological polar surface area (TPSA) is 37.3 Å². The van der Waals surface area contributed by atoms with Gasteiger partial charge in [0, 0.05) is 4.47 Å². The first-order valence-electron chi connectivity index (χ1n) is 5.19. The Morgan fingerprint density at radius 3 is 2.35 bits per heavy atom. The number of benzene rings is 2. The molecule has 3 heteroatoms. The molecule has 2 nitrogen and oxygen atoms in total. The van der Waals surface area contributed by atoms with Gasteiger partial charge in [0.2, 0.25) is 0 Å². The van der Waals surface area contributed by atoms with Crippen LogP contribution in [0.1, 0.15) is 15.9 Å². The van der Waals surface area contributed by atoms with Gasteiger partial charge in [-0.15, -0.1) is 0 Å². The van der Waals surface area contributed by atoms with Crippen LogP contribution in [0.25, 0.3) is 11.1 Å². The molecule has 17 heavy (non-hydrogen) atoms. The molecule has 0 heterocycles. The molecule has 1 N–H and O–H groups in total. The Kier molecular flexibility index (Phi) is 3.29. The van der Waals surface area contributed by atoms with E-state index in [9.17, 15) is 4.79 Å². The Bertz CT molecular complexity index is 576. The number of halogens is 1. The molecule has 2 rings (SSSR count). The van der Waals surface area contributed by atoms with Crippen LogP contribution in [0, 0.1) is 6.92 Å². The van der Waals surface area contributed by atoms with E-state index in [-0.39, 0.29) is 0 Å². The zero-order valence-corrected chi connectivity index (χ0v) is 10.9. The summed E-state index contributed by atoms with van der Waals surface area (Å²) < 4.78 is 0.964. The molecule has 0 amide bonds. The van der Waals surface area contributed by atoms with Crippen molar-refractivity contribution >= 4 is 21.9 Å². The van der Waals surface area contributed by atoms with Crippen LogP contribution >= 0.6 is 15.9 Å². The fourth-order valence-electron chi connectivity index (χ4n) is 1.84. The number of carboxylic acids is 1. The highest BCUT2D eigenvalue weighted by Gasteiger charge is 2.12. The molecular weight excluding hydrogens is 280 g/mol. The van der Waals surface area contributed by atoms with Gasteiger partial charge in [-0.2, -0.15) is 0 Å². The smallest absolute Gasteiger partial charge is 0.335 e. The van der Waals surface area contributed by atoms with E-state index in [1.165, 1.54) is 0 Å². The molecule has 0 unspecified atom stereocenters. The van der Waals surface area contributed by atoms with Crippen LogP contribution in [0.2, 0.25) is 0 Å². The normalized spacial score (nSPS) is 10.2. The summed E-state index contributed by atoms with van der Waals surface area (Å²) in [5, 5.41) is 9.09. The molecule has 2 aromatic carbocycles. The van der Waals surface area contributed by atoms with Crippen molar-refractivity contribution < 1.29 is 9.90 Å². The van der Waals surface area contributed by atoms with Crippen molar-refractivity contribution in [2.75, 3.05) is 0 Å². The van der Waals surface area contributed by atoms with Crippen molar-refractivity contribution in [3.05, 3.63) is 58.1 Å². The molecule has 0 saturated heterocycles. The van der Waals surface area contributed by atoms with Crippen molar-refractivity contribution in [3.63, 3.8) is 0 Å². The molecule has 0 atom stereocenters. The van der Waals surface area contributed by atoms with E-state index >= 15 is 0 Å². The van der Waals surface area contributed by atoms with E-state index in [1.54, 1.807) is 12.1 Å². The molecule has 0 spiro atoms. The number of hydrogen-bond acceptors (Lipinski definition) is 1. The van der Waals surface area contributed by atoms with Crippen molar-refractivity contribution in [3.8, 4) is 11.1 Å². The van der Waals surface area contributed by atoms with E-state index in [2.05, 4.69) is 15.9 Å². The van der Waals surface area contributed by atoms with Gasteiger partial charge in [-0.05, 0) is 35.7 Å². The molecule has 0 saturated carbocycles. The lowest BCUT2D eigenvalue weighted by atomic mass is 9.96. The number of rotatable bonds is 2. The minimum atomic E-state index is -0.892. The third-order valence-corrected chi connectivity index (χ3v) is 3.42. The zero-order chi connectivity index (χ0) is 12.4. The summed E-state index contributed by atoms with van der Waals surface area (Å²) >= 11 is 3.48.